The van der Waals surface area contributed by atoms with Crippen LogP contribution in [0.25, 0.3) is 0 Å². The number of nitrogens with zero attached hydrogens (tertiary/aromatic N) is 2. The first-order valence-corrected chi connectivity index (χ1v) is 8.82. The van der Waals surface area contributed by atoms with Gasteiger partial charge in [-0.2, -0.15) is 0 Å². The predicted octanol–water partition coefficient (Wildman–Crippen LogP) is 5.05. The zero-order chi connectivity index (χ0) is 17.7. The molecule has 2 aromatic heterocycles. The highest BCUT2D eigenvalue weighted by atomic mass is 14.8. The summed E-state index contributed by atoms with van der Waals surface area (Å²) in [6.07, 6.45) is 4.52. The maximum Gasteiger partial charge on any atom is 0.0836 e. The molecule has 0 spiro atoms. The third-order valence-electron chi connectivity index (χ3n) is 4.78. The Balaban J connectivity index is 2.00. The van der Waals surface area contributed by atoms with Crippen LogP contribution in [0.15, 0.2) is 109 Å². The molecule has 0 bridgehead atoms. The number of aromatic nitrogens is 2. The Morgan fingerprint density at radius 1 is 0.538 bits per heavy atom. The van der Waals surface area contributed by atoms with Crippen molar-refractivity contribution in [2.24, 2.45) is 0 Å². The Bertz CT molecular complexity index is 840. The van der Waals surface area contributed by atoms with E-state index in [-0.39, 0.29) is 0 Å². The van der Waals surface area contributed by atoms with E-state index in [1.807, 2.05) is 42.7 Å². The summed E-state index contributed by atoms with van der Waals surface area (Å²) < 4.78 is 0. The van der Waals surface area contributed by atoms with Gasteiger partial charge < -0.3 is 0 Å². The highest BCUT2D eigenvalue weighted by Crippen LogP contribution is 2.40. The van der Waals surface area contributed by atoms with Gasteiger partial charge in [-0.05, 0) is 41.8 Å². The van der Waals surface area contributed by atoms with Gasteiger partial charge in [-0.15, -0.1) is 0 Å². The molecule has 126 valence electrons. The second kappa shape index (κ2) is 7.32. The van der Waals surface area contributed by atoms with Crippen LogP contribution in [-0.2, 0) is 11.8 Å². The van der Waals surface area contributed by atoms with E-state index in [1.165, 1.54) is 11.1 Å². The van der Waals surface area contributed by atoms with Gasteiger partial charge in [0, 0.05) is 12.4 Å². The van der Waals surface area contributed by atoms with Gasteiger partial charge in [0.25, 0.3) is 0 Å². The van der Waals surface area contributed by atoms with Crippen molar-refractivity contribution >= 4 is 0 Å². The van der Waals surface area contributed by atoms with E-state index >= 15 is 0 Å². The number of hydrogen-bond donors (Lipinski definition) is 0. The minimum atomic E-state index is -0.439. The average molecular weight is 336 g/mol. The minimum absolute atomic E-state index is 0.439. The highest BCUT2D eigenvalue weighted by molar-refractivity contribution is 5.47. The van der Waals surface area contributed by atoms with Crippen LogP contribution in [0.5, 0.6) is 0 Å². The van der Waals surface area contributed by atoms with Crippen LogP contribution in [0.2, 0.25) is 0 Å². The smallest absolute Gasteiger partial charge is 0.0836 e. The van der Waals surface area contributed by atoms with Crippen LogP contribution in [0.4, 0.5) is 0 Å². The zero-order valence-electron chi connectivity index (χ0n) is 14.5. The molecule has 4 aromatic rings. The van der Waals surface area contributed by atoms with Crippen LogP contribution >= 0.6 is 0 Å². The lowest BCUT2D eigenvalue weighted by Crippen LogP contribution is -2.34. The molecular formula is C24H20N2. The monoisotopic (exact) mass is 336 g/mol. The van der Waals surface area contributed by atoms with E-state index in [4.69, 9.17) is 9.97 Å². The second-order valence-electron chi connectivity index (χ2n) is 6.36. The van der Waals surface area contributed by atoms with E-state index < -0.39 is 5.41 Å². The van der Waals surface area contributed by atoms with E-state index in [1.54, 1.807) is 0 Å². The Morgan fingerprint density at radius 2 is 1.04 bits per heavy atom. The molecule has 0 saturated carbocycles. The Labute approximate surface area is 154 Å². The van der Waals surface area contributed by atoms with Crippen molar-refractivity contribution in [3.63, 3.8) is 0 Å². The molecule has 0 fully saturated rings. The fourth-order valence-electron chi connectivity index (χ4n) is 3.57. The quantitative estimate of drug-likeness (QED) is 0.509. The predicted molar refractivity (Wildman–Crippen MR) is 105 cm³/mol. The Hall–Kier alpha value is -3.26. The molecule has 4 rings (SSSR count). The molecule has 0 aliphatic heterocycles. The molecule has 0 N–H and O–H groups in total. The molecule has 0 unspecified atom stereocenters. The first-order valence-electron chi connectivity index (χ1n) is 8.82. The first kappa shape index (κ1) is 16.2. The number of rotatable bonds is 5. The molecule has 2 aromatic carbocycles. The lowest BCUT2D eigenvalue weighted by atomic mass is 9.70. The van der Waals surface area contributed by atoms with Gasteiger partial charge in [0.15, 0.2) is 0 Å². The van der Waals surface area contributed by atoms with Gasteiger partial charge in [0.2, 0.25) is 0 Å². The van der Waals surface area contributed by atoms with Gasteiger partial charge in [-0.25, -0.2) is 0 Å². The second-order valence-corrected chi connectivity index (χ2v) is 6.36. The van der Waals surface area contributed by atoms with E-state index in [2.05, 4.69) is 66.7 Å². The normalized spacial score (nSPS) is 11.2. The summed E-state index contributed by atoms with van der Waals surface area (Å²) in [5, 5.41) is 0. The molecule has 0 aliphatic rings. The molecule has 0 atom stereocenters. The number of pyridine rings is 2. The van der Waals surface area contributed by atoms with Gasteiger partial charge in [0.1, 0.15) is 0 Å². The SMILES string of the molecule is c1ccc(CC(c2ccccc2)(c2ccccn2)c2ccccn2)cc1. The van der Waals surface area contributed by atoms with Crippen LogP contribution in [-0.4, -0.2) is 9.97 Å². The van der Waals surface area contributed by atoms with Crippen LogP contribution in [0.1, 0.15) is 22.5 Å². The lowest BCUT2D eigenvalue weighted by molar-refractivity contribution is 0.574. The maximum absolute atomic E-state index is 4.76. The van der Waals surface area contributed by atoms with Crippen molar-refractivity contribution in [2.45, 2.75) is 11.8 Å². The summed E-state index contributed by atoms with van der Waals surface area (Å²) in [6.45, 7) is 0. The van der Waals surface area contributed by atoms with E-state index in [0.717, 1.165) is 17.8 Å². The van der Waals surface area contributed by atoms with E-state index in [9.17, 15) is 0 Å². The molecule has 0 amide bonds. The van der Waals surface area contributed by atoms with Gasteiger partial charge >= 0.3 is 0 Å². The third-order valence-corrected chi connectivity index (χ3v) is 4.78. The molecule has 2 heterocycles. The molecule has 0 radical (unpaired) electrons. The van der Waals surface area contributed by atoms with Crippen molar-refractivity contribution in [1.82, 2.24) is 9.97 Å². The molecule has 0 saturated heterocycles. The van der Waals surface area contributed by atoms with Gasteiger partial charge in [-0.1, -0.05) is 72.8 Å². The number of benzene rings is 2. The third kappa shape index (κ3) is 3.02. The molecular weight excluding hydrogens is 316 g/mol. The van der Waals surface area contributed by atoms with Gasteiger partial charge in [-0.3, -0.25) is 9.97 Å². The summed E-state index contributed by atoms with van der Waals surface area (Å²) in [7, 11) is 0. The van der Waals surface area contributed by atoms with Crippen molar-refractivity contribution in [3.8, 4) is 0 Å². The van der Waals surface area contributed by atoms with Crippen molar-refractivity contribution in [2.75, 3.05) is 0 Å². The van der Waals surface area contributed by atoms with Crippen molar-refractivity contribution in [1.29, 1.82) is 0 Å². The molecule has 2 heteroatoms. The fourth-order valence-corrected chi connectivity index (χ4v) is 3.57. The summed E-state index contributed by atoms with van der Waals surface area (Å²) >= 11 is 0. The van der Waals surface area contributed by atoms with E-state index in [0.29, 0.717) is 0 Å². The minimum Gasteiger partial charge on any atom is -0.260 e. The summed E-state index contributed by atoms with van der Waals surface area (Å²) in [5.41, 5.74) is 4.03. The Kier molecular flexibility index (Phi) is 4.57. The molecule has 2 nitrogen and oxygen atoms in total. The summed E-state index contributed by atoms with van der Waals surface area (Å²) in [5.74, 6) is 0. The largest absolute Gasteiger partial charge is 0.260 e. The van der Waals surface area contributed by atoms with Crippen LogP contribution in [0, 0.1) is 0 Å². The Morgan fingerprint density at radius 3 is 1.54 bits per heavy atom. The summed E-state index contributed by atoms with van der Waals surface area (Å²) in [6, 6.07) is 33.3. The first-order chi connectivity index (χ1) is 12.9. The highest BCUT2D eigenvalue weighted by Gasteiger charge is 2.39. The van der Waals surface area contributed by atoms with Crippen molar-refractivity contribution in [3.05, 3.63) is 132 Å². The lowest BCUT2D eigenvalue weighted by Gasteiger charge is -2.34. The fraction of sp³-hybridized carbons (Fsp3) is 0.0833. The average Bonchev–Trinajstić information content (AvgIpc) is 2.75. The standard InChI is InChI=1S/C24H20N2/c1-3-11-20(12-4-1)19-24(21-13-5-2-6-14-21,22-15-7-9-17-25-22)23-16-8-10-18-26-23/h1-18H,19H2. The zero-order valence-corrected chi connectivity index (χ0v) is 14.5. The van der Waals surface area contributed by atoms with Crippen LogP contribution < -0.4 is 0 Å². The molecule has 26 heavy (non-hydrogen) atoms. The van der Waals surface area contributed by atoms with Gasteiger partial charge in [0.05, 0.1) is 16.8 Å². The van der Waals surface area contributed by atoms with Crippen molar-refractivity contribution < 1.29 is 0 Å². The number of hydrogen-bond acceptors (Lipinski definition) is 2. The van der Waals surface area contributed by atoms with Crippen LogP contribution in [0.3, 0.4) is 0 Å². The molecule has 0 aliphatic carbocycles. The summed E-state index contributed by atoms with van der Waals surface area (Å²) in [4.78, 5) is 9.52. The topological polar surface area (TPSA) is 25.8 Å². The maximum atomic E-state index is 4.76.